The van der Waals surface area contributed by atoms with Crippen molar-refractivity contribution in [2.75, 3.05) is 6.54 Å². The van der Waals surface area contributed by atoms with Gasteiger partial charge in [-0.25, -0.2) is 9.37 Å². The minimum Gasteiger partial charge on any atom is -0.309 e. The lowest BCUT2D eigenvalue weighted by atomic mass is 10.2. The summed E-state index contributed by atoms with van der Waals surface area (Å²) in [6, 6.07) is 5.17. The highest BCUT2D eigenvalue weighted by Crippen LogP contribution is 2.31. The highest BCUT2D eigenvalue weighted by molar-refractivity contribution is 9.10. The minimum absolute atomic E-state index is 0.238. The van der Waals surface area contributed by atoms with Crippen LogP contribution in [0.15, 0.2) is 28.9 Å². The second-order valence-corrected chi connectivity index (χ2v) is 6.35. The summed E-state index contributed by atoms with van der Waals surface area (Å²) in [6.45, 7) is 5.21. The Balaban J connectivity index is 2.23. The van der Waals surface area contributed by atoms with Crippen LogP contribution >= 0.6 is 27.3 Å². The van der Waals surface area contributed by atoms with E-state index < -0.39 is 0 Å². The van der Waals surface area contributed by atoms with Crippen molar-refractivity contribution in [3.63, 3.8) is 0 Å². The molecule has 0 saturated heterocycles. The first kappa shape index (κ1) is 14.6. The van der Waals surface area contributed by atoms with Crippen molar-refractivity contribution in [1.29, 1.82) is 0 Å². The lowest BCUT2D eigenvalue weighted by Crippen LogP contribution is -2.18. The number of benzene rings is 1. The van der Waals surface area contributed by atoms with Gasteiger partial charge in [-0.1, -0.05) is 22.9 Å². The van der Waals surface area contributed by atoms with Gasteiger partial charge in [0, 0.05) is 27.2 Å². The van der Waals surface area contributed by atoms with E-state index in [4.69, 9.17) is 0 Å². The van der Waals surface area contributed by atoms with Gasteiger partial charge < -0.3 is 5.32 Å². The molecule has 102 valence electrons. The molecule has 2 rings (SSSR count). The summed E-state index contributed by atoms with van der Waals surface area (Å²) in [5.41, 5.74) is 0.549. The van der Waals surface area contributed by atoms with Crippen molar-refractivity contribution < 1.29 is 4.39 Å². The van der Waals surface area contributed by atoms with Gasteiger partial charge in [-0.3, -0.25) is 0 Å². The third-order valence-electron chi connectivity index (χ3n) is 2.81. The van der Waals surface area contributed by atoms with E-state index in [-0.39, 0.29) is 11.9 Å². The van der Waals surface area contributed by atoms with Crippen molar-refractivity contribution in [2.45, 2.75) is 26.3 Å². The van der Waals surface area contributed by atoms with Gasteiger partial charge >= 0.3 is 0 Å². The fraction of sp³-hybridized carbons (Fsp3) is 0.357. The molecule has 2 aromatic rings. The van der Waals surface area contributed by atoms with Crippen molar-refractivity contribution in [3.8, 4) is 10.6 Å². The number of hydrogen-bond acceptors (Lipinski definition) is 3. The van der Waals surface area contributed by atoms with E-state index in [1.54, 1.807) is 12.1 Å². The average molecular weight is 343 g/mol. The van der Waals surface area contributed by atoms with Crippen LogP contribution in [-0.4, -0.2) is 11.5 Å². The second-order valence-electron chi connectivity index (χ2n) is 4.37. The molecule has 2 nitrogen and oxygen atoms in total. The standard InChI is InChI=1S/C14H16BrFN2S/c1-3-6-17-9(2)13-8-18-14(19-13)11-7-10(15)4-5-12(11)16/h4-5,7-9,17H,3,6H2,1-2H3. The zero-order valence-corrected chi connectivity index (χ0v) is 13.3. The second kappa shape index (κ2) is 6.59. The maximum Gasteiger partial charge on any atom is 0.133 e. The number of rotatable bonds is 5. The van der Waals surface area contributed by atoms with Crippen LogP contribution in [0.1, 0.15) is 31.2 Å². The van der Waals surface area contributed by atoms with E-state index in [0.717, 1.165) is 27.3 Å². The van der Waals surface area contributed by atoms with E-state index in [1.807, 2.05) is 6.20 Å². The Morgan fingerprint density at radius 1 is 1.47 bits per heavy atom. The molecule has 5 heteroatoms. The first-order valence-electron chi connectivity index (χ1n) is 6.26. The number of nitrogens with zero attached hydrogens (tertiary/aromatic N) is 1. The van der Waals surface area contributed by atoms with Gasteiger partial charge in [-0.2, -0.15) is 0 Å². The molecule has 0 radical (unpaired) electrons. The molecule has 0 fully saturated rings. The molecule has 1 heterocycles. The lowest BCUT2D eigenvalue weighted by Gasteiger charge is -2.09. The smallest absolute Gasteiger partial charge is 0.133 e. The molecule has 0 aliphatic rings. The molecule has 1 N–H and O–H groups in total. The summed E-state index contributed by atoms with van der Waals surface area (Å²) in [6.07, 6.45) is 2.92. The maximum atomic E-state index is 13.8. The van der Waals surface area contributed by atoms with Crippen LogP contribution in [0.2, 0.25) is 0 Å². The summed E-state index contributed by atoms with van der Waals surface area (Å²) < 4.78 is 14.7. The maximum absolute atomic E-state index is 13.8. The van der Waals surface area contributed by atoms with Crippen LogP contribution in [-0.2, 0) is 0 Å². The number of thiazole rings is 1. The monoisotopic (exact) mass is 342 g/mol. The molecule has 1 unspecified atom stereocenters. The Morgan fingerprint density at radius 2 is 2.26 bits per heavy atom. The van der Waals surface area contributed by atoms with Crippen LogP contribution in [0.5, 0.6) is 0 Å². The molecule has 0 aliphatic carbocycles. The van der Waals surface area contributed by atoms with Crippen molar-refractivity contribution >= 4 is 27.3 Å². The highest BCUT2D eigenvalue weighted by Gasteiger charge is 2.13. The van der Waals surface area contributed by atoms with Gasteiger partial charge in [0.1, 0.15) is 10.8 Å². The summed E-state index contributed by atoms with van der Waals surface area (Å²) in [4.78, 5) is 5.46. The predicted octanol–water partition coefficient (Wildman–Crippen LogP) is 4.77. The fourth-order valence-corrected chi connectivity index (χ4v) is 3.06. The minimum atomic E-state index is -0.238. The van der Waals surface area contributed by atoms with Crippen LogP contribution in [0.25, 0.3) is 10.6 Å². The molecule has 0 amide bonds. The topological polar surface area (TPSA) is 24.9 Å². The molecule has 0 spiro atoms. The molecule has 0 aliphatic heterocycles. The van der Waals surface area contributed by atoms with E-state index in [2.05, 4.69) is 40.1 Å². The molecule has 1 aromatic carbocycles. The zero-order valence-electron chi connectivity index (χ0n) is 10.9. The SMILES string of the molecule is CCCNC(C)c1cnc(-c2cc(Br)ccc2F)s1. The van der Waals surface area contributed by atoms with Crippen molar-refractivity contribution in [3.05, 3.63) is 39.6 Å². The predicted molar refractivity (Wildman–Crippen MR) is 81.9 cm³/mol. The van der Waals surface area contributed by atoms with E-state index in [0.29, 0.717) is 5.56 Å². The normalized spacial score (nSPS) is 12.6. The molecule has 1 atom stereocenters. The van der Waals surface area contributed by atoms with Gasteiger partial charge in [-0.05, 0) is 38.1 Å². The fourth-order valence-electron chi connectivity index (χ4n) is 1.73. The molecule has 0 bridgehead atoms. The van der Waals surface area contributed by atoms with Crippen LogP contribution < -0.4 is 5.32 Å². The first-order valence-corrected chi connectivity index (χ1v) is 7.87. The number of hydrogen-bond donors (Lipinski definition) is 1. The third kappa shape index (κ3) is 3.61. The Kier molecular flexibility index (Phi) is 5.07. The zero-order chi connectivity index (χ0) is 13.8. The summed E-state index contributed by atoms with van der Waals surface area (Å²) in [7, 11) is 0. The largest absolute Gasteiger partial charge is 0.309 e. The van der Waals surface area contributed by atoms with E-state index in [1.165, 1.54) is 17.4 Å². The highest BCUT2D eigenvalue weighted by atomic mass is 79.9. The van der Waals surface area contributed by atoms with Gasteiger partial charge in [0.15, 0.2) is 0 Å². The summed E-state index contributed by atoms with van der Waals surface area (Å²) in [5.74, 6) is -0.238. The number of aromatic nitrogens is 1. The van der Waals surface area contributed by atoms with Crippen LogP contribution in [0.3, 0.4) is 0 Å². The number of halogens is 2. The van der Waals surface area contributed by atoms with Crippen molar-refractivity contribution in [2.24, 2.45) is 0 Å². The Hall–Kier alpha value is -0.780. The molecule has 0 saturated carbocycles. The van der Waals surface area contributed by atoms with Crippen molar-refractivity contribution in [1.82, 2.24) is 10.3 Å². The molecule has 19 heavy (non-hydrogen) atoms. The summed E-state index contributed by atoms with van der Waals surface area (Å²) >= 11 is 4.89. The third-order valence-corrected chi connectivity index (χ3v) is 4.52. The van der Waals surface area contributed by atoms with Gasteiger partial charge in [-0.15, -0.1) is 11.3 Å². The van der Waals surface area contributed by atoms with Gasteiger partial charge in [0.05, 0.1) is 0 Å². The Bertz CT molecular complexity index is 556. The average Bonchev–Trinajstić information content (AvgIpc) is 2.88. The first-order chi connectivity index (χ1) is 9.11. The van der Waals surface area contributed by atoms with Gasteiger partial charge in [0.2, 0.25) is 0 Å². The van der Waals surface area contributed by atoms with E-state index in [9.17, 15) is 4.39 Å². The van der Waals surface area contributed by atoms with Crippen LogP contribution in [0, 0.1) is 5.82 Å². The lowest BCUT2D eigenvalue weighted by molar-refractivity contribution is 0.577. The Morgan fingerprint density at radius 3 is 3.00 bits per heavy atom. The van der Waals surface area contributed by atoms with Gasteiger partial charge in [0.25, 0.3) is 0 Å². The molecular formula is C14H16BrFN2S. The molecule has 1 aromatic heterocycles. The Labute approximate surface area is 125 Å². The number of nitrogens with one attached hydrogen (secondary N) is 1. The molecular weight excluding hydrogens is 327 g/mol. The van der Waals surface area contributed by atoms with Crippen LogP contribution in [0.4, 0.5) is 4.39 Å². The quantitative estimate of drug-likeness (QED) is 0.846. The van der Waals surface area contributed by atoms with E-state index >= 15 is 0 Å². The summed E-state index contributed by atoms with van der Waals surface area (Å²) in [5, 5.41) is 4.13.